The third-order valence-electron chi connectivity index (χ3n) is 4.49. The van der Waals surface area contributed by atoms with Crippen LogP contribution >= 0.6 is 0 Å². The van der Waals surface area contributed by atoms with E-state index in [9.17, 15) is 0 Å². The normalized spacial score (nSPS) is 16.2. The molecule has 0 aromatic carbocycles. The minimum atomic E-state index is 0.938. The highest BCUT2D eigenvalue weighted by Gasteiger charge is 2.08. The third kappa shape index (κ3) is 11.9. The second-order valence-corrected chi connectivity index (χ2v) is 6.42. The van der Waals surface area contributed by atoms with Gasteiger partial charge < -0.3 is 4.74 Å². The van der Waals surface area contributed by atoms with Gasteiger partial charge in [0.2, 0.25) is 0 Å². The van der Waals surface area contributed by atoms with Crippen LogP contribution in [0.1, 0.15) is 77.0 Å². The summed E-state index contributed by atoms with van der Waals surface area (Å²) in [6.45, 7) is 9.22. The topological polar surface area (TPSA) is 12.5 Å². The molecule has 0 unspecified atom stereocenters. The number of morpholine rings is 1. The zero-order valence-electron chi connectivity index (χ0n) is 14.2. The molecular weight excluding hydrogens is 258 g/mol. The van der Waals surface area contributed by atoms with Gasteiger partial charge in [-0.15, -0.1) is 6.58 Å². The Kier molecular flexibility index (Phi) is 13.0. The van der Waals surface area contributed by atoms with E-state index in [0.717, 1.165) is 26.3 Å². The number of unbranched alkanes of at least 4 members (excludes halogenated alkanes) is 11. The van der Waals surface area contributed by atoms with Gasteiger partial charge in [-0.3, -0.25) is 4.90 Å². The number of ether oxygens (including phenoxy) is 1. The summed E-state index contributed by atoms with van der Waals surface area (Å²) in [5, 5.41) is 0. The number of nitrogens with zero attached hydrogens (tertiary/aromatic N) is 1. The second-order valence-electron chi connectivity index (χ2n) is 6.42. The molecule has 0 aromatic rings. The Hall–Kier alpha value is -0.340. The molecular formula is C19H37NO. The molecule has 2 nitrogen and oxygen atoms in total. The Morgan fingerprint density at radius 2 is 1.19 bits per heavy atom. The maximum absolute atomic E-state index is 5.37. The number of rotatable bonds is 14. The van der Waals surface area contributed by atoms with E-state index in [1.165, 1.54) is 83.6 Å². The fourth-order valence-electron chi connectivity index (χ4n) is 3.04. The number of hydrogen-bond donors (Lipinski definition) is 0. The summed E-state index contributed by atoms with van der Waals surface area (Å²) in [5.74, 6) is 0. The molecule has 1 aliphatic heterocycles. The molecule has 0 amide bonds. The SMILES string of the molecule is C=CCCCCCCCCCCCCCN1CCOCC1. The average molecular weight is 296 g/mol. The van der Waals surface area contributed by atoms with Gasteiger partial charge >= 0.3 is 0 Å². The van der Waals surface area contributed by atoms with Crippen LogP contribution in [0.3, 0.4) is 0 Å². The van der Waals surface area contributed by atoms with Crippen molar-refractivity contribution < 1.29 is 4.74 Å². The van der Waals surface area contributed by atoms with Crippen molar-refractivity contribution in [3.8, 4) is 0 Å². The first-order chi connectivity index (χ1) is 10.4. The zero-order valence-corrected chi connectivity index (χ0v) is 14.2. The summed E-state index contributed by atoms with van der Waals surface area (Å²) in [6.07, 6.45) is 18.9. The van der Waals surface area contributed by atoms with Gasteiger partial charge in [0.25, 0.3) is 0 Å². The average Bonchev–Trinajstić information content (AvgIpc) is 2.53. The van der Waals surface area contributed by atoms with E-state index in [1.54, 1.807) is 0 Å². The summed E-state index contributed by atoms with van der Waals surface area (Å²) in [6, 6.07) is 0. The molecule has 1 heterocycles. The van der Waals surface area contributed by atoms with Gasteiger partial charge in [0.1, 0.15) is 0 Å². The van der Waals surface area contributed by atoms with E-state index in [4.69, 9.17) is 4.74 Å². The predicted octanol–water partition coefficient (Wildman–Crippen LogP) is 5.19. The lowest BCUT2D eigenvalue weighted by Gasteiger charge is -2.26. The molecule has 1 aliphatic rings. The predicted molar refractivity (Wildman–Crippen MR) is 92.9 cm³/mol. The Balaban J connectivity index is 1.69. The number of hydrogen-bond acceptors (Lipinski definition) is 2. The van der Waals surface area contributed by atoms with Crippen molar-refractivity contribution >= 4 is 0 Å². The lowest BCUT2D eigenvalue weighted by Crippen LogP contribution is -2.36. The molecule has 124 valence electrons. The Labute approximate surface area is 132 Å². The first kappa shape index (κ1) is 18.7. The molecule has 0 radical (unpaired) electrons. The van der Waals surface area contributed by atoms with Crippen LogP contribution in [-0.2, 0) is 4.74 Å². The third-order valence-corrected chi connectivity index (χ3v) is 4.49. The molecule has 0 aromatic heterocycles. The largest absolute Gasteiger partial charge is 0.379 e. The highest BCUT2D eigenvalue weighted by molar-refractivity contribution is 4.65. The lowest BCUT2D eigenvalue weighted by atomic mass is 10.1. The highest BCUT2D eigenvalue weighted by atomic mass is 16.5. The fourth-order valence-corrected chi connectivity index (χ4v) is 3.04. The smallest absolute Gasteiger partial charge is 0.0594 e. The quantitative estimate of drug-likeness (QED) is 0.323. The van der Waals surface area contributed by atoms with Crippen LogP contribution in [0.25, 0.3) is 0 Å². The molecule has 1 fully saturated rings. The molecule has 2 heteroatoms. The maximum atomic E-state index is 5.37. The second kappa shape index (κ2) is 14.6. The summed E-state index contributed by atoms with van der Waals surface area (Å²) >= 11 is 0. The Morgan fingerprint density at radius 3 is 1.71 bits per heavy atom. The van der Waals surface area contributed by atoms with Gasteiger partial charge in [-0.05, 0) is 25.8 Å². The van der Waals surface area contributed by atoms with E-state index >= 15 is 0 Å². The minimum absolute atomic E-state index is 0.938. The first-order valence-corrected chi connectivity index (χ1v) is 9.34. The van der Waals surface area contributed by atoms with Gasteiger partial charge in [-0.2, -0.15) is 0 Å². The van der Waals surface area contributed by atoms with E-state index in [1.807, 2.05) is 6.08 Å². The van der Waals surface area contributed by atoms with Crippen molar-refractivity contribution in [1.82, 2.24) is 4.90 Å². The fraction of sp³-hybridized carbons (Fsp3) is 0.895. The van der Waals surface area contributed by atoms with E-state index in [0.29, 0.717) is 0 Å². The van der Waals surface area contributed by atoms with Gasteiger partial charge in [-0.25, -0.2) is 0 Å². The van der Waals surface area contributed by atoms with E-state index < -0.39 is 0 Å². The summed E-state index contributed by atoms with van der Waals surface area (Å²) in [7, 11) is 0. The lowest BCUT2D eigenvalue weighted by molar-refractivity contribution is 0.0371. The Morgan fingerprint density at radius 1 is 0.714 bits per heavy atom. The maximum Gasteiger partial charge on any atom is 0.0594 e. The van der Waals surface area contributed by atoms with Gasteiger partial charge in [0.05, 0.1) is 13.2 Å². The molecule has 0 saturated carbocycles. The molecule has 0 atom stereocenters. The zero-order chi connectivity index (χ0) is 15.0. The molecule has 0 aliphatic carbocycles. The minimum Gasteiger partial charge on any atom is -0.379 e. The first-order valence-electron chi connectivity index (χ1n) is 9.34. The Bertz CT molecular complexity index is 224. The van der Waals surface area contributed by atoms with Gasteiger partial charge in [0, 0.05) is 13.1 Å². The van der Waals surface area contributed by atoms with E-state index in [2.05, 4.69) is 11.5 Å². The van der Waals surface area contributed by atoms with Crippen molar-refractivity contribution in [2.75, 3.05) is 32.8 Å². The van der Waals surface area contributed by atoms with Gasteiger partial charge in [-0.1, -0.05) is 63.9 Å². The van der Waals surface area contributed by atoms with Crippen molar-refractivity contribution in [3.63, 3.8) is 0 Å². The van der Waals surface area contributed by atoms with Crippen LogP contribution in [0.4, 0.5) is 0 Å². The van der Waals surface area contributed by atoms with Crippen LogP contribution < -0.4 is 0 Å². The summed E-state index contributed by atoms with van der Waals surface area (Å²) in [5.41, 5.74) is 0. The molecule has 1 rings (SSSR count). The van der Waals surface area contributed by atoms with Crippen molar-refractivity contribution in [1.29, 1.82) is 0 Å². The highest BCUT2D eigenvalue weighted by Crippen LogP contribution is 2.12. The van der Waals surface area contributed by atoms with Crippen LogP contribution in [0.15, 0.2) is 12.7 Å². The van der Waals surface area contributed by atoms with Crippen molar-refractivity contribution in [3.05, 3.63) is 12.7 Å². The number of allylic oxidation sites excluding steroid dienone is 1. The van der Waals surface area contributed by atoms with Gasteiger partial charge in [0.15, 0.2) is 0 Å². The van der Waals surface area contributed by atoms with Crippen molar-refractivity contribution in [2.24, 2.45) is 0 Å². The summed E-state index contributed by atoms with van der Waals surface area (Å²) in [4.78, 5) is 2.55. The summed E-state index contributed by atoms with van der Waals surface area (Å²) < 4.78 is 5.37. The molecule has 0 bridgehead atoms. The molecule has 1 saturated heterocycles. The van der Waals surface area contributed by atoms with E-state index in [-0.39, 0.29) is 0 Å². The van der Waals surface area contributed by atoms with Crippen molar-refractivity contribution in [2.45, 2.75) is 77.0 Å². The standard InChI is InChI=1S/C19H37NO/c1-2-3-4-5-6-7-8-9-10-11-12-13-14-15-20-16-18-21-19-17-20/h2H,1,3-19H2. The van der Waals surface area contributed by atoms with Crippen LogP contribution in [0, 0.1) is 0 Å². The molecule has 0 spiro atoms. The van der Waals surface area contributed by atoms with Crippen LogP contribution in [0.5, 0.6) is 0 Å². The monoisotopic (exact) mass is 295 g/mol. The molecule has 21 heavy (non-hydrogen) atoms. The van der Waals surface area contributed by atoms with Crippen LogP contribution in [0.2, 0.25) is 0 Å². The molecule has 0 N–H and O–H groups in total. The van der Waals surface area contributed by atoms with Crippen LogP contribution in [-0.4, -0.2) is 37.7 Å².